The first kappa shape index (κ1) is 17.8. The van der Waals surface area contributed by atoms with E-state index in [-0.39, 0.29) is 5.41 Å². The van der Waals surface area contributed by atoms with E-state index in [0.717, 1.165) is 23.5 Å². The lowest BCUT2D eigenvalue weighted by molar-refractivity contribution is 0.342. The van der Waals surface area contributed by atoms with Crippen molar-refractivity contribution in [2.75, 3.05) is 19.0 Å². The fourth-order valence-corrected chi connectivity index (χ4v) is 2.47. The summed E-state index contributed by atoms with van der Waals surface area (Å²) in [4.78, 5) is 0.406. The van der Waals surface area contributed by atoms with Crippen LogP contribution in [0.25, 0.3) is 0 Å². The second-order valence-corrected chi connectivity index (χ2v) is 6.69. The van der Waals surface area contributed by atoms with Gasteiger partial charge >= 0.3 is 0 Å². The maximum absolute atomic E-state index is 5.79. The minimum absolute atomic E-state index is 0.242. The number of unbranched alkanes of at least 4 members (excludes halogenated alkanes) is 2. The van der Waals surface area contributed by atoms with Crippen molar-refractivity contribution in [3.63, 3.8) is 0 Å². The molecule has 0 amide bonds. The van der Waals surface area contributed by atoms with Crippen molar-refractivity contribution >= 4 is 22.9 Å². The summed E-state index contributed by atoms with van der Waals surface area (Å²) in [7, 11) is 1.66. The molecule has 118 valence electrons. The van der Waals surface area contributed by atoms with Gasteiger partial charge in [0.25, 0.3) is 0 Å². The molecule has 0 aromatic heterocycles. The number of methoxy groups -OCH3 is 1. The minimum Gasteiger partial charge on any atom is -0.497 e. The predicted molar refractivity (Wildman–Crippen MR) is 95.3 cm³/mol. The lowest BCUT2D eigenvalue weighted by atomic mass is 9.86. The second kappa shape index (κ2) is 8.23. The van der Waals surface area contributed by atoms with Crippen molar-refractivity contribution in [3.8, 4) is 5.75 Å². The van der Waals surface area contributed by atoms with Crippen LogP contribution >= 0.6 is 12.2 Å². The average molecular weight is 308 g/mol. The number of rotatable bonds is 9. The van der Waals surface area contributed by atoms with Crippen molar-refractivity contribution in [3.05, 3.63) is 23.8 Å². The Hall–Kier alpha value is -1.29. The third-order valence-corrected chi connectivity index (χ3v) is 3.93. The molecule has 0 saturated heterocycles. The third-order valence-electron chi connectivity index (χ3n) is 3.71. The van der Waals surface area contributed by atoms with Gasteiger partial charge in [-0.25, -0.2) is 0 Å². The Bertz CT molecular complexity index is 472. The summed E-state index contributed by atoms with van der Waals surface area (Å²) in [6.45, 7) is 7.70. The van der Waals surface area contributed by atoms with Gasteiger partial charge in [-0.3, -0.25) is 0 Å². The van der Waals surface area contributed by atoms with Gasteiger partial charge in [0.05, 0.1) is 7.11 Å². The molecule has 0 heterocycles. The van der Waals surface area contributed by atoms with Crippen molar-refractivity contribution < 1.29 is 4.74 Å². The van der Waals surface area contributed by atoms with Crippen LogP contribution in [-0.2, 0) is 0 Å². The monoisotopic (exact) mass is 308 g/mol. The van der Waals surface area contributed by atoms with E-state index in [0.29, 0.717) is 4.99 Å². The summed E-state index contributed by atoms with van der Waals surface area (Å²) in [6, 6.07) is 5.75. The van der Waals surface area contributed by atoms with Crippen molar-refractivity contribution in [2.24, 2.45) is 11.1 Å². The van der Waals surface area contributed by atoms with Crippen molar-refractivity contribution in [2.45, 2.75) is 46.5 Å². The molecule has 3 nitrogen and oxygen atoms in total. The van der Waals surface area contributed by atoms with Crippen LogP contribution in [0.3, 0.4) is 0 Å². The maximum Gasteiger partial charge on any atom is 0.120 e. The molecule has 0 aliphatic carbocycles. The molecular weight excluding hydrogens is 280 g/mol. The Labute approximate surface area is 134 Å². The number of hydrogen-bond donors (Lipinski definition) is 2. The Balaban J connectivity index is 2.74. The summed E-state index contributed by atoms with van der Waals surface area (Å²) < 4.78 is 5.28. The van der Waals surface area contributed by atoms with Crippen LogP contribution in [0.1, 0.15) is 52.0 Å². The Morgan fingerprint density at radius 3 is 2.62 bits per heavy atom. The summed E-state index contributed by atoms with van der Waals surface area (Å²) in [6.07, 6.45) is 5.03. The van der Waals surface area contributed by atoms with E-state index in [1.54, 1.807) is 7.11 Å². The zero-order valence-corrected chi connectivity index (χ0v) is 14.5. The summed E-state index contributed by atoms with van der Waals surface area (Å²) >= 11 is 5.12. The first-order chi connectivity index (χ1) is 9.89. The number of hydrogen-bond acceptors (Lipinski definition) is 3. The van der Waals surface area contributed by atoms with Crippen molar-refractivity contribution in [1.29, 1.82) is 0 Å². The van der Waals surface area contributed by atoms with Crippen LogP contribution in [0.5, 0.6) is 5.75 Å². The van der Waals surface area contributed by atoms with E-state index in [2.05, 4.69) is 26.1 Å². The molecule has 1 rings (SSSR count). The quantitative estimate of drug-likeness (QED) is 0.526. The van der Waals surface area contributed by atoms with E-state index >= 15 is 0 Å². The Morgan fingerprint density at radius 2 is 2.05 bits per heavy atom. The van der Waals surface area contributed by atoms with Gasteiger partial charge in [-0.1, -0.05) is 52.3 Å². The van der Waals surface area contributed by atoms with E-state index in [4.69, 9.17) is 22.7 Å². The first-order valence-corrected chi connectivity index (χ1v) is 8.02. The molecule has 21 heavy (non-hydrogen) atoms. The van der Waals surface area contributed by atoms with Gasteiger partial charge in [0.2, 0.25) is 0 Å². The largest absolute Gasteiger partial charge is 0.497 e. The molecule has 3 N–H and O–H groups in total. The first-order valence-electron chi connectivity index (χ1n) is 7.61. The predicted octanol–water partition coefficient (Wildman–Crippen LogP) is 4.35. The third kappa shape index (κ3) is 5.92. The molecule has 0 atom stereocenters. The molecule has 0 bridgehead atoms. The molecule has 1 aromatic carbocycles. The summed E-state index contributed by atoms with van der Waals surface area (Å²) in [5, 5.41) is 3.49. The highest BCUT2D eigenvalue weighted by atomic mass is 32.1. The Morgan fingerprint density at radius 1 is 1.33 bits per heavy atom. The molecule has 0 fully saturated rings. The number of anilines is 1. The van der Waals surface area contributed by atoms with Crippen molar-refractivity contribution in [1.82, 2.24) is 0 Å². The normalized spacial score (nSPS) is 11.2. The highest BCUT2D eigenvalue weighted by molar-refractivity contribution is 7.80. The summed E-state index contributed by atoms with van der Waals surface area (Å²) in [5.41, 5.74) is 7.86. The molecule has 4 heteroatoms. The van der Waals surface area contributed by atoms with E-state index < -0.39 is 0 Å². The number of benzene rings is 1. The molecule has 0 radical (unpaired) electrons. The number of thiocarbonyl (C=S) groups is 1. The fourth-order valence-electron chi connectivity index (χ4n) is 2.29. The fraction of sp³-hybridized carbons (Fsp3) is 0.588. The van der Waals surface area contributed by atoms with Gasteiger partial charge in [-0.15, -0.1) is 0 Å². The van der Waals surface area contributed by atoms with E-state index in [1.165, 1.54) is 25.7 Å². The molecule has 0 spiro atoms. The highest BCUT2D eigenvalue weighted by Crippen LogP contribution is 2.27. The minimum atomic E-state index is 0.242. The lowest BCUT2D eigenvalue weighted by Gasteiger charge is -2.26. The van der Waals surface area contributed by atoms with Gasteiger partial charge in [-0.2, -0.15) is 0 Å². The Kier molecular flexibility index (Phi) is 6.96. The van der Waals surface area contributed by atoms with Crippen LogP contribution < -0.4 is 15.8 Å². The van der Waals surface area contributed by atoms with Gasteiger partial charge in [-0.05, 0) is 24.0 Å². The van der Waals surface area contributed by atoms with E-state index in [9.17, 15) is 0 Å². The molecule has 0 aliphatic rings. The van der Waals surface area contributed by atoms with Crippen LogP contribution in [0.4, 0.5) is 5.69 Å². The van der Waals surface area contributed by atoms with Gasteiger partial charge in [0.15, 0.2) is 0 Å². The number of nitrogens with one attached hydrogen (secondary N) is 1. The van der Waals surface area contributed by atoms with Gasteiger partial charge < -0.3 is 15.8 Å². The zero-order valence-electron chi connectivity index (χ0n) is 13.7. The highest BCUT2D eigenvalue weighted by Gasteiger charge is 2.18. The van der Waals surface area contributed by atoms with Crippen LogP contribution in [0, 0.1) is 5.41 Å². The standard InChI is InChI=1S/C17H28N2OS/c1-5-6-7-10-17(2,3)12-19-15-11-13(20-4)8-9-14(15)16(18)21/h8-9,11,19H,5-7,10,12H2,1-4H3,(H2,18,21). The van der Waals surface area contributed by atoms with Crippen LogP contribution in [0.2, 0.25) is 0 Å². The molecule has 0 saturated carbocycles. The number of ether oxygens (including phenoxy) is 1. The maximum atomic E-state index is 5.79. The topological polar surface area (TPSA) is 47.3 Å². The molecular formula is C17H28N2OS. The lowest BCUT2D eigenvalue weighted by Crippen LogP contribution is -2.24. The average Bonchev–Trinajstić information content (AvgIpc) is 2.45. The second-order valence-electron chi connectivity index (χ2n) is 6.25. The summed E-state index contributed by atoms with van der Waals surface area (Å²) in [5.74, 6) is 0.807. The van der Waals surface area contributed by atoms with Crippen LogP contribution in [0.15, 0.2) is 18.2 Å². The smallest absolute Gasteiger partial charge is 0.120 e. The molecule has 0 aliphatic heterocycles. The molecule has 0 unspecified atom stereocenters. The number of nitrogens with two attached hydrogens (primary N) is 1. The van der Waals surface area contributed by atoms with Gasteiger partial charge in [0, 0.05) is 23.9 Å². The van der Waals surface area contributed by atoms with E-state index in [1.807, 2.05) is 18.2 Å². The SMILES string of the molecule is CCCCCC(C)(C)CNc1cc(OC)ccc1C(N)=S. The molecule has 1 aromatic rings. The van der Waals surface area contributed by atoms with Crippen LogP contribution in [-0.4, -0.2) is 18.6 Å². The zero-order chi connectivity index (χ0) is 15.9. The van der Waals surface area contributed by atoms with Gasteiger partial charge in [0.1, 0.15) is 10.7 Å².